The molecule has 0 saturated carbocycles. The summed E-state index contributed by atoms with van der Waals surface area (Å²) in [4.78, 5) is 0. The molecule has 1 aromatic heterocycles. The van der Waals surface area contributed by atoms with Gasteiger partial charge >= 0.3 is 7.40 Å². The summed E-state index contributed by atoms with van der Waals surface area (Å²) in [6.07, 6.45) is 7.33. The molecule has 0 aliphatic carbocycles. The summed E-state index contributed by atoms with van der Waals surface area (Å²) >= 11 is 6.11. The van der Waals surface area contributed by atoms with Gasteiger partial charge in [-0.1, -0.05) is 11.6 Å². The van der Waals surface area contributed by atoms with Gasteiger partial charge in [0.25, 0.3) is 0 Å². The molecule has 0 radical (unpaired) electrons. The largest absolute Gasteiger partial charge is 0.677 e. The zero-order chi connectivity index (χ0) is 22.7. The third kappa shape index (κ3) is 4.60. The van der Waals surface area contributed by atoms with Gasteiger partial charge in [0.05, 0.1) is 7.11 Å². The first-order valence-electron chi connectivity index (χ1n) is 9.71. The van der Waals surface area contributed by atoms with Crippen LogP contribution in [0.1, 0.15) is 24.6 Å². The molecule has 3 N–H and O–H groups in total. The molecule has 2 aromatic rings. The summed E-state index contributed by atoms with van der Waals surface area (Å²) in [6.45, 7) is 2.26. The summed E-state index contributed by atoms with van der Waals surface area (Å²) in [6, 6.07) is 6.45. The average molecular weight is 447 g/mol. The number of aromatic hydroxyl groups is 1. The van der Waals surface area contributed by atoms with Gasteiger partial charge in [-0.05, 0) is 50.4 Å². The van der Waals surface area contributed by atoms with Crippen LogP contribution in [0.5, 0.6) is 11.5 Å². The molecule has 1 aromatic carbocycles. The third-order valence-corrected chi connectivity index (χ3v) is 5.38. The van der Waals surface area contributed by atoms with E-state index in [1.54, 1.807) is 24.3 Å². The lowest BCUT2D eigenvalue weighted by Gasteiger charge is -2.12. The number of benzene rings is 1. The van der Waals surface area contributed by atoms with Crippen LogP contribution in [0.25, 0.3) is 11.6 Å². The Kier molecular flexibility index (Phi) is 7.03. The molecule has 0 fully saturated rings. The SMILES string of the molecule is COc1cc(Cl)cc(/C=C/C2=[N+](C)C(=C(/CCN)c3cccn3B(F)F)/C(C)=C2)c1O. The molecule has 1 aliphatic heterocycles. The summed E-state index contributed by atoms with van der Waals surface area (Å²) in [5, 5.41) is 10.8. The normalized spacial score (nSPS) is 15.6. The number of phenolic OH excluding ortho intramolecular Hbond substituents is 1. The molecule has 0 spiro atoms. The van der Waals surface area contributed by atoms with E-state index in [4.69, 9.17) is 22.1 Å². The van der Waals surface area contributed by atoms with Crippen LogP contribution in [0.4, 0.5) is 8.63 Å². The van der Waals surface area contributed by atoms with Crippen molar-refractivity contribution in [2.24, 2.45) is 5.73 Å². The Morgan fingerprint density at radius 2 is 2.10 bits per heavy atom. The second-order valence-electron chi connectivity index (χ2n) is 7.13. The molecule has 31 heavy (non-hydrogen) atoms. The number of phenols is 1. The minimum Gasteiger partial charge on any atom is -0.504 e. The Morgan fingerprint density at radius 1 is 1.35 bits per heavy atom. The number of aromatic nitrogens is 1. The van der Waals surface area contributed by atoms with Crippen LogP contribution in [-0.2, 0) is 0 Å². The van der Waals surface area contributed by atoms with E-state index in [1.165, 1.54) is 19.4 Å². The van der Waals surface area contributed by atoms with Crippen molar-refractivity contribution in [2.75, 3.05) is 20.7 Å². The molecule has 9 heteroatoms. The molecule has 162 valence electrons. The maximum atomic E-state index is 13.5. The number of allylic oxidation sites excluding steroid dienone is 3. The highest BCUT2D eigenvalue weighted by Gasteiger charge is 2.30. The summed E-state index contributed by atoms with van der Waals surface area (Å²) < 4.78 is 35.0. The lowest BCUT2D eigenvalue weighted by molar-refractivity contribution is -0.433. The van der Waals surface area contributed by atoms with Gasteiger partial charge in [-0.25, -0.2) is 0 Å². The van der Waals surface area contributed by atoms with E-state index in [2.05, 4.69) is 0 Å². The van der Waals surface area contributed by atoms with Crippen molar-refractivity contribution in [1.82, 2.24) is 4.48 Å². The maximum Gasteiger partial charge on any atom is 0.677 e. The predicted molar refractivity (Wildman–Crippen MR) is 122 cm³/mol. The molecule has 2 heterocycles. The number of rotatable bonds is 7. The van der Waals surface area contributed by atoms with Crippen molar-refractivity contribution in [3.8, 4) is 11.5 Å². The molecule has 1 aliphatic rings. The number of nitrogens with two attached hydrogens (primary N) is 1. The van der Waals surface area contributed by atoms with Gasteiger partial charge in [-0.15, -0.1) is 0 Å². The van der Waals surface area contributed by atoms with Crippen molar-refractivity contribution >= 4 is 36.4 Å². The van der Waals surface area contributed by atoms with Crippen LogP contribution < -0.4 is 10.5 Å². The van der Waals surface area contributed by atoms with Gasteiger partial charge in [-0.3, -0.25) is 8.63 Å². The van der Waals surface area contributed by atoms with Crippen LogP contribution in [-0.4, -0.2) is 48.0 Å². The zero-order valence-corrected chi connectivity index (χ0v) is 18.3. The molecule has 3 rings (SSSR count). The summed E-state index contributed by atoms with van der Waals surface area (Å²) in [5.41, 5.74) is 10.1. The fourth-order valence-corrected chi connectivity index (χ4v) is 3.98. The Morgan fingerprint density at radius 3 is 2.74 bits per heavy atom. The van der Waals surface area contributed by atoms with E-state index in [-0.39, 0.29) is 11.5 Å². The van der Waals surface area contributed by atoms with Gasteiger partial charge < -0.3 is 20.1 Å². The van der Waals surface area contributed by atoms with Crippen molar-refractivity contribution in [3.05, 3.63) is 70.2 Å². The quantitative estimate of drug-likeness (QED) is 0.488. The topological polar surface area (TPSA) is 63.4 Å². The van der Waals surface area contributed by atoms with Crippen molar-refractivity contribution in [2.45, 2.75) is 13.3 Å². The molecular weight excluding hydrogens is 423 g/mol. The van der Waals surface area contributed by atoms with Gasteiger partial charge in [0.15, 0.2) is 11.5 Å². The lowest BCUT2D eigenvalue weighted by atomic mass is 10.0. The molecule has 0 saturated heterocycles. The Labute approximate surface area is 185 Å². The lowest BCUT2D eigenvalue weighted by Crippen LogP contribution is -2.18. The highest BCUT2D eigenvalue weighted by atomic mass is 35.5. The standard InChI is InChI=1S/C22H23BClF2N3O2/c1-14-11-17(7-6-15-12-16(24)13-20(31-3)22(15)30)28(2)21(14)18(8-9-27)19-5-4-10-29(19)23(25)26/h4-7,10-13H,8-9,27H2,1-3H3/p+1/b21-18-. The Balaban J connectivity index is 2.08. The predicted octanol–water partition coefficient (Wildman–Crippen LogP) is 4.44. The monoisotopic (exact) mass is 446 g/mol. The van der Waals surface area contributed by atoms with Gasteiger partial charge in [-0.2, -0.15) is 4.58 Å². The van der Waals surface area contributed by atoms with Crippen LogP contribution in [0, 0.1) is 0 Å². The number of likely N-dealkylation sites (N-methyl/N-ethyl adjacent to an activating group) is 1. The number of hydrogen-bond acceptors (Lipinski definition) is 3. The molecular formula is C22H24BClF2N3O2+. The Hall–Kier alpha value is -2.84. The summed E-state index contributed by atoms with van der Waals surface area (Å²) in [5.74, 6) is 0.265. The smallest absolute Gasteiger partial charge is 0.504 e. The van der Waals surface area contributed by atoms with Crippen LogP contribution in [0.15, 0.2) is 53.9 Å². The summed E-state index contributed by atoms with van der Waals surface area (Å²) in [7, 11) is 0.682. The molecule has 0 atom stereocenters. The number of halogens is 3. The fraction of sp³-hybridized carbons (Fsp3) is 0.227. The van der Waals surface area contributed by atoms with Gasteiger partial charge in [0.1, 0.15) is 7.05 Å². The molecule has 5 nitrogen and oxygen atoms in total. The van der Waals surface area contributed by atoms with Crippen molar-refractivity contribution in [1.29, 1.82) is 0 Å². The van der Waals surface area contributed by atoms with E-state index >= 15 is 0 Å². The number of nitrogens with zero attached hydrogens (tertiary/aromatic N) is 2. The minimum atomic E-state index is -2.64. The second-order valence-corrected chi connectivity index (χ2v) is 7.57. The fourth-order valence-electron chi connectivity index (χ4n) is 3.77. The number of methoxy groups -OCH3 is 1. The zero-order valence-electron chi connectivity index (χ0n) is 17.6. The number of ether oxygens (including phenoxy) is 1. The van der Waals surface area contributed by atoms with E-state index in [0.29, 0.717) is 29.2 Å². The Bertz CT molecular complexity index is 1120. The molecule has 0 unspecified atom stereocenters. The van der Waals surface area contributed by atoms with Crippen molar-refractivity contribution in [3.63, 3.8) is 0 Å². The first-order chi connectivity index (χ1) is 14.8. The van der Waals surface area contributed by atoms with E-state index in [9.17, 15) is 13.7 Å². The van der Waals surface area contributed by atoms with E-state index in [1.807, 2.05) is 30.7 Å². The highest BCUT2D eigenvalue weighted by Crippen LogP contribution is 2.35. The number of hydrogen-bond donors (Lipinski definition) is 2. The average Bonchev–Trinajstić information content (AvgIpc) is 3.32. The molecule has 0 bridgehead atoms. The van der Waals surface area contributed by atoms with Crippen LogP contribution in [0.3, 0.4) is 0 Å². The highest BCUT2D eigenvalue weighted by molar-refractivity contribution is 6.41. The van der Waals surface area contributed by atoms with E-state index in [0.717, 1.165) is 27.0 Å². The first kappa shape index (κ1) is 22.8. The second kappa shape index (κ2) is 9.53. The van der Waals surface area contributed by atoms with Crippen LogP contribution >= 0.6 is 11.6 Å². The maximum absolute atomic E-state index is 13.5. The minimum absolute atomic E-state index is 0.0144. The molecule has 0 amide bonds. The first-order valence-corrected chi connectivity index (χ1v) is 10.1. The van der Waals surface area contributed by atoms with Gasteiger partial charge in [0.2, 0.25) is 11.4 Å². The van der Waals surface area contributed by atoms with Crippen LogP contribution in [0.2, 0.25) is 5.02 Å². The van der Waals surface area contributed by atoms with Crippen molar-refractivity contribution < 1.29 is 23.1 Å². The van der Waals surface area contributed by atoms with Gasteiger partial charge in [0, 0.05) is 45.6 Å². The van der Waals surface area contributed by atoms with E-state index < -0.39 is 7.40 Å². The third-order valence-electron chi connectivity index (χ3n) is 5.16.